The molecule has 0 aliphatic carbocycles. The smallest absolute Gasteiger partial charge is 0.291 e. The predicted molar refractivity (Wildman–Crippen MR) is 140 cm³/mol. The minimum atomic E-state index is -0.436. The van der Waals surface area contributed by atoms with Crippen molar-refractivity contribution >= 4 is 78.8 Å². The third-order valence-electron chi connectivity index (χ3n) is 4.84. The molecule has 0 aliphatic rings. The molecule has 0 aliphatic heterocycles. The van der Waals surface area contributed by atoms with Crippen LogP contribution < -0.4 is 20.7 Å². The summed E-state index contributed by atoms with van der Waals surface area (Å²) in [6.07, 6.45) is 1.41. The third-order valence-corrected chi connectivity index (χ3v) is 6.14. The first-order valence-corrected chi connectivity index (χ1v) is 11.5. The number of halogens is 2. The molecule has 0 radical (unpaired) electrons. The van der Waals surface area contributed by atoms with Crippen LogP contribution in [0.25, 0.3) is 10.8 Å². The van der Waals surface area contributed by atoms with Crippen LogP contribution in [-0.4, -0.2) is 24.0 Å². The lowest BCUT2D eigenvalue weighted by Gasteiger charge is -2.15. The maximum absolute atomic E-state index is 13.0. The van der Waals surface area contributed by atoms with E-state index in [1.807, 2.05) is 24.3 Å². The van der Waals surface area contributed by atoms with E-state index >= 15 is 0 Å². The predicted octanol–water partition coefficient (Wildman–Crippen LogP) is 6.24. The van der Waals surface area contributed by atoms with Crippen LogP contribution in [0.1, 0.15) is 20.9 Å². The van der Waals surface area contributed by atoms with Crippen molar-refractivity contribution in [1.29, 1.82) is 0 Å². The number of methoxy groups -OCH3 is 1. The lowest BCUT2D eigenvalue weighted by atomic mass is 10.1. The number of amides is 2. The van der Waals surface area contributed by atoms with Gasteiger partial charge < -0.3 is 19.8 Å². The van der Waals surface area contributed by atoms with Crippen LogP contribution >= 0.6 is 39.7 Å². The van der Waals surface area contributed by atoms with Crippen LogP contribution in [0.4, 0.5) is 11.4 Å². The van der Waals surface area contributed by atoms with Crippen molar-refractivity contribution in [2.45, 2.75) is 0 Å². The minimum absolute atomic E-state index is 0.0692. The van der Waals surface area contributed by atoms with E-state index in [1.54, 1.807) is 36.4 Å². The lowest BCUT2D eigenvalue weighted by Crippen LogP contribution is -2.34. The number of ether oxygens (including phenoxy) is 1. The summed E-state index contributed by atoms with van der Waals surface area (Å²) in [5.74, 6) is -0.295. The topological polar surface area (TPSA) is 92.6 Å². The Bertz CT molecular complexity index is 1410. The standard InChI is InChI=1S/C24H17BrClN3O4S/c1-32-21-16(11-13-5-2-3-6-15(13)20(21)25)22(30)29-24(34)27-14-8-9-18(17(26)12-14)28-23(31)19-7-4-10-33-19/h2-12H,1H3,(H,28,31)(H2,27,29,30,34). The Morgan fingerprint density at radius 1 is 1.03 bits per heavy atom. The van der Waals surface area contributed by atoms with E-state index in [0.717, 1.165) is 10.8 Å². The van der Waals surface area contributed by atoms with E-state index < -0.39 is 11.8 Å². The molecule has 7 nitrogen and oxygen atoms in total. The third kappa shape index (κ3) is 5.06. The lowest BCUT2D eigenvalue weighted by molar-refractivity contribution is 0.0972. The van der Waals surface area contributed by atoms with Crippen molar-refractivity contribution in [2.24, 2.45) is 0 Å². The molecule has 0 fully saturated rings. The fourth-order valence-electron chi connectivity index (χ4n) is 3.27. The zero-order valence-corrected chi connectivity index (χ0v) is 20.8. The average Bonchev–Trinajstić information content (AvgIpc) is 3.36. The molecule has 1 heterocycles. The van der Waals surface area contributed by atoms with Crippen molar-refractivity contribution in [3.05, 3.63) is 87.7 Å². The largest absolute Gasteiger partial charge is 0.495 e. The zero-order chi connectivity index (χ0) is 24.2. The minimum Gasteiger partial charge on any atom is -0.495 e. The molecule has 0 bridgehead atoms. The first-order valence-electron chi connectivity index (χ1n) is 9.89. The van der Waals surface area contributed by atoms with Crippen molar-refractivity contribution in [3.63, 3.8) is 0 Å². The van der Waals surface area contributed by atoms with Gasteiger partial charge in [0, 0.05) is 5.69 Å². The van der Waals surface area contributed by atoms with E-state index in [-0.39, 0.29) is 15.9 Å². The molecule has 10 heteroatoms. The summed E-state index contributed by atoms with van der Waals surface area (Å²) in [7, 11) is 1.50. The average molecular weight is 559 g/mol. The highest BCUT2D eigenvalue weighted by molar-refractivity contribution is 9.10. The van der Waals surface area contributed by atoms with Gasteiger partial charge in [0.05, 0.1) is 34.1 Å². The molecule has 1 aromatic heterocycles. The first kappa shape index (κ1) is 23.7. The number of benzene rings is 3. The highest BCUT2D eigenvalue weighted by Gasteiger charge is 2.19. The van der Waals surface area contributed by atoms with Gasteiger partial charge in [-0.05, 0) is 75.3 Å². The molecule has 4 rings (SSSR count). The molecule has 0 saturated heterocycles. The number of rotatable bonds is 5. The van der Waals surface area contributed by atoms with Gasteiger partial charge in [-0.1, -0.05) is 35.9 Å². The van der Waals surface area contributed by atoms with Gasteiger partial charge in [-0.15, -0.1) is 0 Å². The molecular weight excluding hydrogens is 542 g/mol. The fraction of sp³-hybridized carbons (Fsp3) is 0.0417. The van der Waals surface area contributed by atoms with Crippen molar-refractivity contribution < 1.29 is 18.7 Å². The van der Waals surface area contributed by atoms with Crippen LogP contribution in [-0.2, 0) is 0 Å². The normalized spacial score (nSPS) is 10.6. The maximum atomic E-state index is 13.0. The van der Waals surface area contributed by atoms with Gasteiger partial charge in [-0.2, -0.15) is 0 Å². The van der Waals surface area contributed by atoms with Crippen molar-refractivity contribution in [1.82, 2.24) is 5.32 Å². The van der Waals surface area contributed by atoms with E-state index in [1.165, 1.54) is 13.4 Å². The number of anilines is 2. The van der Waals surface area contributed by atoms with Gasteiger partial charge in [0.25, 0.3) is 11.8 Å². The zero-order valence-electron chi connectivity index (χ0n) is 17.6. The number of hydrogen-bond acceptors (Lipinski definition) is 5. The number of carbonyl (C=O) groups excluding carboxylic acids is 2. The Hall–Kier alpha value is -3.40. The summed E-state index contributed by atoms with van der Waals surface area (Å²) in [6, 6.07) is 17.4. The second kappa shape index (κ2) is 10.3. The van der Waals surface area contributed by atoms with Gasteiger partial charge in [0.15, 0.2) is 10.9 Å². The van der Waals surface area contributed by atoms with Crippen LogP contribution in [0.2, 0.25) is 5.02 Å². The number of thiocarbonyl (C=S) groups is 1. The molecule has 0 spiro atoms. The second-order valence-electron chi connectivity index (χ2n) is 7.03. The summed E-state index contributed by atoms with van der Waals surface area (Å²) in [6.45, 7) is 0. The monoisotopic (exact) mass is 557 g/mol. The van der Waals surface area contributed by atoms with Gasteiger partial charge in [-0.3, -0.25) is 14.9 Å². The highest BCUT2D eigenvalue weighted by atomic mass is 79.9. The van der Waals surface area contributed by atoms with Crippen molar-refractivity contribution in [2.75, 3.05) is 17.7 Å². The molecule has 172 valence electrons. The van der Waals surface area contributed by atoms with E-state index in [2.05, 4.69) is 31.9 Å². The summed E-state index contributed by atoms with van der Waals surface area (Å²) >= 11 is 15.1. The molecule has 3 aromatic carbocycles. The molecule has 34 heavy (non-hydrogen) atoms. The molecule has 4 aromatic rings. The first-order chi connectivity index (χ1) is 16.4. The van der Waals surface area contributed by atoms with Gasteiger partial charge in [-0.25, -0.2) is 0 Å². The van der Waals surface area contributed by atoms with Crippen LogP contribution in [0.5, 0.6) is 5.75 Å². The Labute approximate surface area is 213 Å². The van der Waals surface area contributed by atoms with E-state index in [9.17, 15) is 9.59 Å². The summed E-state index contributed by atoms with van der Waals surface area (Å²) in [5, 5.41) is 10.4. The molecule has 3 N–H and O–H groups in total. The van der Waals surface area contributed by atoms with Gasteiger partial charge >= 0.3 is 0 Å². The number of hydrogen-bond donors (Lipinski definition) is 3. The number of furan rings is 1. The Morgan fingerprint density at radius 3 is 2.53 bits per heavy atom. The number of nitrogens with one attached hydrogen (secondary N) is 3. The highest BCUT2D eigenvalue weighted by Crippen LogP contribution is 2.36. The van der Waals surface area contributed by atoms with Crippen LogP contribution in [0.3, 0.4) is 0 Å². The summed E-state index contributed by atoms with van der Waals surface area (Å²) in [5.41, 5.74) is 1.25. The van der Waals surface area contributed by atoms with Crippen LogP contribution in [0.15, 0.2) is 75.8 Å². The summed E-state index contributed by atoms with van der Waals surface area (Å²) in [4.78, 5) is 25.1. The fourth-order valence-corrected chi connectivity index (χ4v) is 4.45. The van der Waals surface area contributed by atoms with E-state index in [4.69, 9.17) is 33.0 Å². The number of carbonyl (C=O) groups is 2. The molecule has 2 amide bonds. The number of fused-ring (bicyclic) bond motifs is 1. The quantitative estimate of drug-likeness (QED) is 0.251. The van der Waals surface area contributed by atoms with Gasteiger partial charge in [0.2, 0.25) is 0 Å². The Kier molecular flexibility index (Phi) is 7.16. The molecule has 0 atom stereocenters. The Morgan fingerprint density at radius 2 is 1.82 bits per heavy atom. The van der Waals surface area contributed by atoms with Crippen LogP contribution in [0, 0.1) is 0 Å². The second-order valence-corrected chi connectivity index (χ2v) is 8.64. The molecule has 0 saturated carbocycles. The maximum Gasteiger partial charge on any atom is 0.291 e. The molecule has 0 unspecified atom stereocenters. The van der Waals surface area contributed by atoms with Gasteiger partial charge in [0.1, 0.15) is 5.75 Å². The molecular formula is C24H17BrClN3O4S. The van der Waals surface area contributed by atoms with E-state index in [0.29, 0.717) is 27.2 Å². The Balaban J connectivity index is 1.46. The van der Waals surface area contributed by atoms with Crippen molar-refractivity contribution in [3.8, 4) is 5.75 Å². The SMILES string of the molecule is COc1c(C(=O)NC(=S)Nc2ccc(NC(=O)c3ccco3)c(Cl)c2)cc2ccccc2c1Br. The summed E-state index contributed by atoms with van der Waals surface area (Å²) < 4.78 is 11.2.